The number of methoxy groups -OCH3 is 1. The zero-order valence-corrected chi connectivity index (χ0v) is 13.8. The summed E-state index contributed by atoms with van der Waals surface area (Å²) < 4.78 is 5.29. The lowest BCUT2D eigenvalue weighted by Gasteiger charge is -2.23. The van der Waals surface area contributed by atoms with Crippen molar-refractivity contribution in [2.24, 2.45) is 0 Å². The van der Waals surface area contributed by atoms with Gasteiger partial charge in [0.1, 0.15) is 15.9 Å². The third-order valence-electron chi connectivity index (χ3n) is 3.88. The van der Waals surface area contributed by atoms with Gasteiger partial charge in [0, 0.05) is 0 Å². The number of carbonyl (C=O) groups excluding carboxylic acids is 1. The minimum atomic E-state index is -2.51. The fourth-order valence-electron chi connectivity index (χ4n) is 2.86. The molecule has 0 radical (unpaired) electrons. The Labute approximate surface area is 137 Å². The smallest absolute Gasteiger partial charge is 0.439 e. The first-order chi connectivity index (χ1) is 11.3. The SMILES string of the molecule is COC(=O)[P+](c1ccccc1)(c1ccccc1)c1ccccc1. The van der Waals surface area contributed by atoms with Crippen molar-refractivity contribution in [3.05, 3.63) is 91.0 Å². The number of hydrogen-bond acceptors (Lipinski definition) is 2. The molecule has 0 fully saturated rings. The number of ether oxygens (including phenoxy) is 1. The van der Waals surface area contributed by atoms with E-state index in [0.29, 0.717) is 0 Å². The van der Waals surface area contributed by atoms with E-state index in [1.165, 1.54) is 7.11 Å². The molecule has 0 atom stereocenters. The molecular formula is C20H18O2P+. The van der Waals surface area contributed by atoms with E-state index in [-0.39, 0.29) is 5.71 Å². The monoisotopic (exact) mass is 321 g/mol. The number of carbonyl (C=O) groups is 1. The predicted octanol–water partition coefficient (Wildman–Crippen LogP) is 3.75. The third kappa shape index (κ3) is 2.67. The summed E-state index contributed by atoms with van der Waals surface area (Å²) in [6.07, 6.45) is 0. The molecule has 3 aromatic carbocycles. The van der Waals surface area contributed by atoms with Crippen LogP contribution in [0.4, 0.5) is 4.79 Å². The molecule has 3 aromatic rings. The Bertz CT molecular complexity index is 674. The van der Waals surface area contributed by atoms with Gasteiger partial charge in [0.05, 0.1) is 7.11 Å². The summed E-state index contributed by atoms with van der Waals surface area (Å²) in [5.41, 5.74) is -0.180. The molecule has 0 aliphatic rings. The normalized spacial score (nSPS) is 11.0. The van der Waals surface area contributed by atoms with Crippen molar-refractivity contribution in [1.82, 2.24) is 0 Å². The molecule has 0 aliphatic heterocycles. The van der Waals surface area contributed by atoms with Gasteiger partial charge in [-0.05, 0) is 36.4 Å². The van der Waals surface area contributed by atoms with Crippen LogP contribution < -0.4 is 15.9 Å². The van der Waals surface area contributed by atoms with Gasteiger partial charge in [-0.15, -0.1) is 0 Å². The van der Waals surface area contributed by atoms with E-state index >= 15 is 0 Å². The van der Waals surface area contributed by atoms with Gasteiger partial charge < -0.3 is 4.74 Å². The average Bonchev–Trinajstić information content (AvgIpc) is 2.65. The fourth-order valence-corrected chi connectivity index (χ4v) is 6.51. The van der Waals surface area contributed by atoms with Crippen molar-refractivity contribution in [3.63, 3.8) is 0 Å². The molecule has 0 saturated heterocycles. The summed E-state index contributed by atoms with van der Waals surface area (Å²) in [5, 5.41) is 3.01. The maximum atomic E-state index is 13.1. The second-order valence-corrected chi connectivity index (χ2v) is 8.40. The molecule has 3 rings (SSSR count). The van der Waals surface area contributed by atoms with Crippen molar-refractivity contribution in [1.29, 1.82) is 0 Å². The van der Waals surface area contributed by atoms with Crippen LogP contribution in [0.25, 0.3) is 0 Å². The summed E-state index contributed by atoms with van der Waals surface area (Å²) >= 11 is 0. The Morgan fingerprint density at radius 1 is 0.652 bits per heavy atom. The highest BCUT2D eigenvalue weighted by molar-refractivity contribution is 8.07. The Kier molecular flexibility index (Phi) is 4.55. The third-order valence-corrected chi connectivity index (χ3v) is 7.83. The number of hydrogen-bond donors (Lipinski definition) is 0. The van der Waals surface area contributed by atoms with Gasteiger partial charge in [-0.3, -0.25) is 0 Å². The van der Waals surface area contributed by atoms with E-state index in [4.69, 9.17) is 4.74 Å². The van der Waals surface area contributed by atoms with Crippen LogP contribution in [0.2, 0.25) is 0 Å². The Balaban J connectivity index is 2.38. The van der Waals surface area contributed by atoms with E-state index in [1.54, 1.807) is 0 Å². The lowest BCUT2D eigenvalue weighted by molar-refractivity contribution is 0.199. The molecule has 23 heavy (non-hydrogen) atoms. The molecule has 0 N–H and O–H groups in total. The van der Waals surface area contributed by atoms with E-state index in [0.717, 1.165) is 15.9 Å². The summed E-state index contributed by atoms with van der Waals surface area (Å²) in [6, 6.07) is 29.8. The quantitative estimate of drug-likeness (QED) is 0.684. The van der Waals surface area contributed by atoms with Crippen LogP contribution in [0.15, 0.2) is 91.0 Å². The molecule has 0 aromatic heterocycles. The maximum absolute atomic E-state index is 13.1. The molecule has 0 bridgehead atoms. The van der Waals surface area contributed by atoms with Crippen molar-refractivity contribution in [2.75, 3.05) is 7.11 Å². The molecule has 0 heterocycles. The molecule has 0 unspecified atom stereocenters. The summed E-state index contributed by atoms with van der Waals surface area (Å²) in [4.78, 5) is 13.1. The molecule has 0 aliphatic carbocycles. The van der Waals surface area contributed by atoms with Crippen molar-refractivity contribution in [2.45, 2.75) is 0 Å². The minimum Gasteiger partial charge on any atom is -0.439 e. The van der Waals surface area contributed by atoms with E-state index in [1.807, 2.05) is 91.0 Å². The Morgan fingerprint density at radius 2 is 0.957 bits per heavy atom. The Hall–Kier alpha value is -2.44. The van der Waals surface area contributed by atoms with Crippen LogP contribution >= 0.6 is 7.26 Å². The van der Waals surface area contributed by atoms with Gasteiger partial charge in [0.25, 0.3) is 0 Å². The van der Waals surface area contributed by atoms with Crippen LogP contribution in [-0.2, 0) is 4.74 Å². The number of benzene rings is 3. The first kappa shape index (κ1) is 15.5. The van der Waals surface area contributed by atoms with Crippen LogP contribution in [0.1, 0.15) is 0 Å². The molecule has 114 valence electrons. The standard InChI is InChI=1S/C20H18O2P/c1-22-20(21)23(17-11-5-2-6-12-17,18-13-7-3-8-14-18)19-15-9-4-10-16-19/h2-16H,1H3/q+1. The van der Waals surface area contributed by atoms with E-state index in [2.05, 4.69) is 0 Å². The molecule has 2 nitrogen and oxygen atoms in total. The van der Waals surface area contributed by atoms with Crippen molar-refractivity contribution < 1.29 is 9.53 Å². The summed E-state index contributed by atoms with van der Waals surface area (Å²) in [7, 11) is -1.04. The molecular weight excluding hydrogens is 303 g/mol. The van der Waals surface area contributed by atoms with Gasteiger partial charge in [0.15, 0.2) is 0 Å². The van der Waals surface area contributed by atoms with Crippen LogP contribution in [0, 0.1) is 0 Å². The number of rotatable bonds is 4. The minimum absolute atomic E-state index is 0.180. The van der Waals surface area contributed by atoms with Crippen LogP contribution in [0.5, 0.6) is 0 Å². The van der Waals surface area contributed by atoms with Gasteiger partial charge in [0.2, 0.25) is 7.26 Å². The molecule has 0 amide bonds. The highest BCUT2D eigenvalue weighted by Crippen LogP contribution is 2.56. The predicted molar refractivity (Wildman–Crippen MR) is 97.6 cm³/mol. The van der Waals surface area contributed by atoms with Crippen molar-refractivity contribution >= 4 is 28.9 Å². The van der Waals surface area contributed by atoms with E-state index < -0.39 is 7.26 Å². The van der Waals surface area contributed by atoms with Gasteiger partial charge in [-0.1, -0.05) is 54.6 Å². The van der Waals surface area contributed by atoms with Crippen LogP contribution in [0.3, 0.4) is 0 Å². The Morgan fingerprint density at radius 3 is 1.22 bits per heavy atom. The topological polar surface area (TPSA) is 26.3 Å². The second kappa shape index (κ2) is 6.76. The fraction of sp³-hybridized carbons (Fsp3) is 0.0500. The highest BCUT2D eigenvalue weighted by atomic mass is 31.2. The van der Waals surface area contributed by atoms with Gasteiger partial charge >= 0.3 is 5.71 Å². The van der Waals surface area contributed by atoms with Crippen molar-refractivity contribution in [3.8, 4) is 0 Å². The summed E-state index contributed by atoms with van der Waals surface area (Å²) in [5.74, 6) is 0. The highest BCUT2D eigenvalue weighted by Gasteiger charge is 2.55. The zero-order chi connectivity index (χ0) is 16.1. The summed E-state index contributed by atoms with van der Waals surface area (Å²) in [6.45, 7) is 0. The lowest BCUT2D eigenvalue weighted by Crippen LogP contribution is -2.36. The zero-order valence-electron chi connectivity index (χ0n) is 12.9. The first-order valence-corrected chi connectivity index (χ1v) is 9.23. The molecule has 0 saturated carbocycles. The maximum Gasteiger partial charge on any atom is 0.466 e. The van der Waals surface area contributed by atoms with Gasteiger partial charge in [-0.2, -0.15) is 0 Å². The second-order valence-electron chi connectivity index (χ2n) is 5.15. The molecule has 3 heteroatoms. The first-order valence-electron chi connectivity index (χ1n) is 7.44. The van der Waals surface area contributed by atoms with Crippen LogP contribution in [-0.4, -0.2) is 12.8 Å². The van der Waals surface area contributed by atoms with E-state index in [9.17, 15) is 4.79 Å². The average molecular weight is 321 g/mol. The molecule has 0 spiro atoms. The lowest BCUT2D eigenvalue weighted by atomic mass is 10.4. The largest absolute Gasteiger partial charge is 0.466 e. The van der Waals surface area contributed by atoms with Gasteiger partial charge in [-0.25, -0.2) is 4.79 Å².